The first-order valence-electron chi connectivity index (χ1n) is 7.44. The van der Waals surface area contributed by atoms with Crippen molar-refractivity contribution in [2.45, 2.75) is 13.5 Å². The quantitative estimate of drug-likeness (QED) is 0.605. The number of halogens is 1. The summed E-state index contributed by atoms with van der Waals surface area (Å²) < 4.78 is 1.89. The van der Waals surface area contributed by atoms with Crippen LogP contribution in [0.5, 0.6) is 0 Å². The third kappa shape index (κ3) is 2.62. The van der Waals surface area contributed by atoms with Gasteiger partial charge < -0.3 is 5.32 Å². The van der Waals surface area contributed by atoms with Crippen LogP contribution >= 0.6 is 11.6 Å². The lowest BCUT2D eigenvalue weighted by molar-refractivity contribution is 0.954. The van der Waals surface area contributed by atoms with Gasteiger partial charge in [-0.2, -0.15) is 5.10 Å². The highest BCUT2D eigenvalue weighted by atomic mass is 35.5. The van der Waals surface area contributed by atoms with E-state index < -0.39 is 0 Å². The van der Waals surface area contributed by atoms with E-state index in [0.29, 0.717) is 6.54 Å². The maximum Gasteiger partial charge on any atom is 0.158 e. The lowest BCUT2D eigenvalue weighted by Gasteiger charge is -2.10. The molecule has 114 valence electrons. The van der Waals surface area contributed by atoms with E-state index in [1.165, 1.54) is 0 Å². The average Bonchev–Trinajstić information content (AvgIpc) is 2.94. The molecule has 0 radical (unpaired) electrons. The zero-order chi connectivity index (χ0) is 15.8. The summed E-state index contributed by atoms with van der Waals surface area (Å²) in [5, 5.41) is 9.75. The summed E-state index contributed by atoms with van der Waals surface area (Å²) in [6.07, 6.45) is 0. The van der Waals surface area contributed by atoms with Crippen LogP contribution in [-0.4, -0.2) is 14.6 Å². The number of fused-ring (bicyclic) bond motifs is 3. The first-order valence-corrected chi connectivity index (χ1v) is 7.82. The number of anilines is 1. The number of aryl methyl sites for hydroxylation is 1. The van der Waals surface area contributed by atoms with Gasteiger partial charge in [-0.25, -0.2) is 9.50 Å². The second-order valence-electron chi connectivity index (χ2n) is 5.51. The fourth-order valence-electron chi connectivity index (χ4n) is 2.70. The molecule has 0 spiro atoms. The Labute approximate surface area is 138 Å². The minimum Gasteiger partial charge on any atom is -0.365 e. The van der Waals surface area contributed by atoms with Gasteiger partial charge in [0, 0.05) is 23.0 Å². The highest BCUT2D eigenvalue weighted by molar-refractivity contribution is 6.30. The van der Waals surface area contributed by atoms with Gasteiger partial charge in [-0.15, -0.1) is 0 Å². The van der Waals surface area contributed by atoms with Gasteiger partial charge in [0.1, 0.15) is 5.82 Å². The minimum atomic E-state index is 0.692. The van der Waals surface area contributed by atoms with E-state index in [-0.39, 0.29) is 0 Å². The van der Waals surface area contributed by atoms with Gasteiger partial charge in [0.2, 0.25) is 0 Å². The lowest BCUT2D eigenvalue weighted by atomic mass is 10.2. The molecule has 0 saturated heterocycles. The molecule has 4 nitrogen and oxygen atoms in total. The van der Waals surface area contributed by atoms with Gasteiger partial charge in [0.15, 0.2) is 5.65 Å². The maximum absolute atomic E-state index is 5.93. The van der Waals surface area contributed by atoms with Crippen molar-refractivity contribution in [3.63, 3.8) is 0 Å². The summed E-state index contributed by atoms with van der Waals surface area (Å²) in [7, 11) is 0. The molecule has 4 aromatic rings. The Balaban J connectivity index is 1.76. The van der Waals surface area contributed by atoms with E-state index in [1.807, 2.05) is 53.9 Å². The van der Waals surface area contributed by atoms with Crippen LogP contribution in [0.4, 0.5) is 5.82 Å². The number of nitrogens with zero attached hydrogens (tertiary/aromatic N) is 3. The number of para-hydroxylation sites is 1. The predicted molar refractivity (Wildman–Crippen MR) is 94.0 cm³/mol. The summed E-state index contributed by atoms with van der Waals surface area (Å²) in [6.45, 7) is 2.67. The van der Waals surface area contributed by atoms with Crippen molar-refractivity contribution < 1.29 is 0 Å². The second kappa shape index (κ2) is 5.56. The van der Waals surface area contributed by atoms with Crippen LogP contribution in [0, 0.1) is 6.92 Å². The Bertz CT molecular complexity index is 989. The zero-order valence-electron chi connectivity index (χ0n) is 12.6. The van der Waals surface area contributed by atoms with Gasteiger partial charge in [-0.3, -0.25) is 0 Å². The number of benzene rings is 2. The molecular formula is C18H15ClN4. The third-order valence-corrected chi connectivity index (χ3v) is 4.05. The van der Waals surface area contributed by atoms with Gasteiger partial charge in [-0.1, -0.05) is 35.9 Å². The molecule has 0 amide bonds. The average molecular weight is 323 g/mol. The van der Waals surface area contributed by atoms with E-state index >= 15 is 0 Å². The number of hydrogen-bond acceptors (Lipinski definition) is 3. The Morgan fingerprint density at radius 3 is 2.70 bits per heavy atom. The van der Waals surface area contributed by atoms with Crippen molar-refractivity contribution in [3.8, 4) is 0 Å². The molecule has 4 rings (SSSR count). The monoisotopic (exact) mass is 322 g/mol. The molecule has 0 aliphatic rings. The van der Waals surface area contributed by atoms with E-state index in [1.54, 1.807) is 0 Å². The number of rotatable bonds is 3. The molecule has 0 fully saturated rings. The Hall–Kier alpha value is -2.59. The normalized spacial score (nSPS) is 11.2. The Morgan fingerprint density at radius 2 is 1.87 bits per heavy atom. The summed E-state index contributed by atoms with van der Waals surface area (Å²) in [6, 6.07) is 18.0. The number of nitrogens with one attached hydrogen (secondary N) is 1. The minimum absolute atomic E-state index is 0.692. The van der Waals surface area contributed by atoms with Gasteiger partial charge >= 0.3 is 0 Å². The smallest absolute Gasteiger partial charge is 0.158 e. The van der Waals surface area contributed by atoms with Crippen molar-refractivity contribution in [1.82, 2.24) is 14.6 Å². The summed E-state index contributed by atoms with van der Waals surface area (Å²) in [4.78, 5) is 4.72. The molecule has 23 heavy (non-hydrogen) atoms. The van der Waals surface area contributed by atoms with Crippen LogP contribution in [-0.2, 0) is 6.54 Å². The van der Waals surface area contributed by atoms with E-state index in [2.05, 4.69) is 22.5 Å². The van der Waals surface area contributed by atoms with Crippen molar-refractivity contribution in [2.75, 3.05) is 5.32 Å². The van der Waals surface area contributed by atoms with E-state index in [0.717, 1.165) is 38.6 Å². The highest BCUT2D eigenvalue weighted by Gasteiger charge is 2.09. The van der Waals surface area contributed by atoms with Crippen molar-refractivity contribution >= 4 is 34.0 Å². The summed E-state index contributed by atoms with van der Waals surface area (Å²) in [5.74, 6) is 0.864. The third-order valence-electron chi connectivity index (χ3n) is 3.80. The van der Waals surface area contributed by atoms with Crippen LogP contribution < -0.4 is 5.32 Å². The molecular weight excluding hydrogens is 308 g/mol. The Kier molecular flexibility index (Phi) is 3.39. The number of aromatic nitrogens is 3. The van der Waals surface area contributed by atoms with Crippen molar-refractivity contribution in [3.05, 3.63) is 70.9 Å². The molecule has 2 heterocycles. The van der Waals surface area contributed by atoms with E-state index in [9.17, 15) is 0 Å². The molecule has 0 aliphatic carbocycles. The van der Waals surface area contributed by atoms with Crippen molar-refractivity contribution in [2.24, 2.45) is 0 Å². The summed E-state index contributed by atoms with van der Waals surface area (Å²) in [5.41, 5.74) is 4.01. The van der Waals surface area contributed by atoms with Gasteiger partial charge in [-0.05, 0) is 36.8 Å². The zero-order valence-corrected chi connectivity index (χ0v) is 13.4. The molecule has 0 atom stereocenters. The molecule has 0 aliphatic heterocycles. The Morgan fingerprint density at radius 1 is 1.09 bits per heavy atom. The molecule has 5 heteroatoms. The highest BCUT2D eigenvalue weighted by Crippen LogP contribution is 2.24. The van der Waals surface area contributed by atoms with Crippen LogP contribution in [0.15, 0.2) is 54.6 Å². The van der Waals surface area contributed by atoms with Gasteiger partial charge in [0.25, 0.3) is 0 Å². The largest absolute Gasteiger partial charge is 0.365 e. The fourth-order valence-corrected chi connectivity index (χ4v) is 2.82. The first kappa shape index (κ1) is 14.0. The molecule has 0 saturated carbocycles. The second-order valence-corrected chi connectivity index (χ2v) is 5.95. The topological polar surface area (TPSA) is 42.2 Å². The molecule has 1 N–H and O–H groups in total. The molecule has 0 bridgehead atoms. The standard InChI is InChI=1S/C18H15ClN4/c1-12-10-17-21-18(20-11-13-6-8-14(19)9-7-13)15-4-2-3-5-16(15)23(17)22-12/h2-10H,11H2,1H3,(H,20,21). The van der Waals surface area contributed by atoms with Gasteiger partial charge in [0.05, 0.1) is 11.2 Å². The summed E-state index contributed by atoms with van der Waals surface area (Å²) >= 11 is 5.93. The van der Waals surface area contributed by atoms with Crippen molar-refractivity contribution in [1.29, 1.82) is 0 Å². The van der Waals surface area contributed by atoms with Crippen LogP contribution in [0.1, 0.15) is 11.3 Å². The van der Waals surface area contributed by atoms with Crippen LogP contribution in [0.2, 0.25) is 5.02 Å². The molecule has 2 aromatic carbocycles. The molecule has 0 unspecified atom stereocenters. The fraction of sp³-hybridized carbons (Fsp3) is 0.111. The predicted octanol–water partition coefficient (Wildman–Crippen LogP) is 4.46. The van der Waals surface area contributed by atoms with Crippen LogP contribution in [0.3, 0.4) is 0 Å². The first-order chi connectivity index (χ1) is 11.2. The maximum atomic E-state index is 5.93. The van der Waals surface area contributed by atoms with E-state index in [4.69, 9.17) is 16.6 Å². The van der Waals surface area contributed by atoms with Crippen LogP contribution in [0.25, 0.3) is 16.6 Å². The number of hydrogen-bond donors (Lipinski definition) is 1. The lowest BCUT2D eigenvalue weighted by Crippen LogP contribution is -2.04. The molecule has 2 aromatic heterocycles. The SMILES string of the molecule is Cc1cc2nc(NCc3ccc(Cl)cc3)c3ccccc3n2n1.